The molecule has 0 aliphatic rings. The van der Waals surface area contributed by atoms with Crippen LogP contribution in [-0.2, 0) is 9.53 Å². The Morgan fingerprint density at radius 1 is 1.35 bits per heavy atom. The van der Waals surface area contributed by atoms with Gasteiger partial charge in [-0.05, 0) is 29.2 Å². The number of aromatic nitrogens is 2. The topological polar surface area (TPSA) is 81.2 Å². The van der Waals surface area contributed by atoms with Crippen LogP contribution in [0.25, 0.3) is 10.4 Å². The monoisotopic (exact) mass is 311 g/mol. The number of esters is 1. The molecule has 0 atom stereocenters. The Morgan fingerprint density at radius 2 is 2.05 bits per heavy atom. The van der Waals surface area contributed by atoms with Gasteiger partial charge in [0.15, 0.2) is 5.69 Å². The summed E-state index contributed by atoms with van der Waals surface area (Å²) in [6.45, 7) is -0.215. The molecule has 0 radical (unpaired) electrons. The van der Waals surface area contributed by atoms with Crippen LogP contribution in [0.1, 0.15) is 10.5 Å². The molecule has 0 saturated heterocycles. The van der Waals surface area contributed by atoms with Gasteiger partial charge >= 0.3 is 5.97 Å². The van der Waals surface area contributed by atoms with Crippen molar-refractivity contribution in [3.05, 3.63) is 35.0 Å². The Morgan fingerprint density at radius 3 is 2.70 bits per heavy atom. The van der Waals surface area contributed by atoms with Crippen molar-refractivity contribution in [1.29, 1.82) is 0 Å². The van der Waals surface area contributed by atoms with E-state index in [0.29, 0.717) is 9.90 Å². The van der Waals surface area contributed by atoms with Gasteiger partial charge < -0.3 is 10.1 Å². The molecule has 0 fully saturated rings. The summed E-state index contributed by atoms with van der Waals surface area (Å²) < 4.78 is 8.22. The van der Waals surface area contributed by atoms with E-state index in [9.17, 15) is 9.59 Å². The highest BCUT2D eigenvalue weighted by molar-refractivity contribution is 7.09. The van der Waals surface area contributed by atoms with E-state index >= 15 is 0 Å². The molecule has 0 saturated carbocycles. The summed E-state index contributed by atoms with van der Waals surface area (Å²) in [4.78, 5) is 23.6. The maximum atomic E-state index is 11.9. The second-order valence-corrected chi connectivity index (χ2v) is 4.91. The van der Waals surface area contributed by atoms with Crippen molar-refractivity contribution in [2.45, 2.75) is 0 Å². The lowest BCUT2D eigenvalue weighted by atomic mass is 10.1. The minimum Gasteiger partial charge on any atom is -0.468 e. The van der Waals surface area contributed by atoms with Crippen molar-refractivity contribution in [3.8, 4) is 10.4 Å². The molecule has 1 amide bonds. The van der Waals surface area contributed by atoms with Crippen LogP contribution in [-0.4, -0.2) is 35.1 Å². The highest BCUT2D eigenvalue weighted by Gasteiger charge is 2.18. The molecule has 8 heteroatoms. The fraction of sp³-hybridized carbons (Fsp3) is 0.167. The van der Waals surface area contributed by atoms with E-state index in [1.807, 2.05) is 0 Å². The number of benzene rings is 1. The van der Waals surface area contributed by atoms with Crippen molar-refractivity contribution in [2.75, 3.05) is 13.7 Å². The molecule has 0 bridgehead atoms. The highest BCUT2D eigenvalue weighted by atomic mass is 35.5. The van der Waals surface area contributed by atoms with Gasteiger partial charge in [0.25, 0.3) is 5.91 Å². The average Bonchev–Trinajstić information content (AvgIpc) is 2.94. The molecule has 20 heavy (non-hydrogen) atoms. The number of ether oxygens (including phenoxy) is 1. The van der Waals surface area contributed by atoms with E-state index in [2.05, 4.69) is 19.6 Å². The molecule has 1 aromatic carbocycles. The summed E-state index contributed by atoms with van der Waals surface area (Å²) in [7, 11) is 1.25. The molecule has 6 nitrogen and oxygen atoms in total. The van der Waals surface area contributed by atoms with Crippen molar-refractivity contribution in [3.63, 3.8) is 0 Å². The molecule has 0 unspecified atom stereocenters. The molecule has 1 heterocycles. The maximum absolute atomic E-state index is 11.9. The summed E-state index contributed by atoms with van der Waals surface area (Å²) in [5.74, 6) is -1.01. The first-order chi connectivity index (χ1) is 9.61. The summed E-state index contributed by atoms with van der Waals surface area (Å²) in [5.41, 5.74) is 0.953. The van der Waals surface area contributed by atoms with E-state index in [4.69, 9.17) is 11.6 Å². The van der Waals surface area contributed by atoms with Crippen molar-refractivity contribution < 1.29 is 14.3 Å². The second kappa shape index (κ2) is 6.44. The summed E-state index contributed by atoms with van der Waals surface area (Å²) in [6.07, 6.45) is 0. The van der Waals surface area contributed by atoms with Crippen LogP contribution in [0.15, 0.2) is 24.3 Å². The fourth-order valence-corrected chi connectivity index (χ4v) is 2.23. The van der Waals surface area contributed by atoms with Gasteiger partial charge in [0.1, 0.15) is 6.54 Å². The Balaban J connectivity index is 2.18. The molecule has 0 aliphatic carbocycles. The van der Waals surface area contributed by atoms with Gasteiger partial charge in [0.2, 0.25) is 0 Å². The summed E-state index contributed by atoms with van der Waals surface area (Å²) in [6, 6.07) is 6.97. The first-order valence-electron chi connectivity index (χ1n) is 5.55. The third kappa shape index (κ3) is 3.31. The Bertz CT molecular complexity index is 627. The number of halogens is 1. The largest absolute Gasteiger partial charge is 0.468 e. The van der Waals surface area contributed by atoms with Gasteiger partial charge in [-0.2, -0.15) is 0 Å². The number of nitrogens with zero attached hydrogens (tertiary/aromatic N) is 2. The molecule has 2 rings (SSSR count). The Labute approximate surface area is 123 Å². The predicted octanol–water partition coefficient (Wildman–Crippen LogP) is 1.76. The third-order valence-electron chi connectivity index (χ3n) is 2.43. The van der Waals surface area contributed by atoms with Crippen molar-refractivity contribution in [1.82, 2.24) is 14.9 Å². The summed E-state index contributed by atoms with van der Waals surface area (Å²) >= 11 is 6.91. The Hall–Kier alpha value is -1.99. The molecular formula is C12H10ClN3O3S. The number of hydrogen-bond acceptors (Lipinski definition) is 6. The van der Waals surface area contributed by atoms with Gasteiger partial charge in [-0.1, -0.05) is 28.2 Å². The SMILES string of the molecule is COC(=O)CNC(=O)c1nnsc1-c1ccc(Cl)cc1. The third-order valence-corrected chi connectivity index (χ3v) is 3.46. The maximum Gasteiger partial charge on any atom is 0.325 e. The van der Waals surface area contributed by atoms with Crippen LogP contribution < -0.4 is 5.32 Å². The number of amides is 1. The first-order valence-corrected chi connectivity index (χ1v) is 6.70. The number of methoxy groups -OCH3 is 1. The lowest BCUT2D eigenvalue weighted by Crippen LogP contribution is -2.30. The van der Waals surface area contributed by atoms with E-state index < -0.39 is 11.9 Å². The Kier molecular flexibility index (Phi) is 4.65. The van der Waals surface area contributed by atoms with Gasteiger partial charge in [-0.25, -0.2) is 0 Å². The number of carbonyl (C=O) groups is 2. The van der Waals surface area contributed by atoms with Crippen LogP contribution in [0.3, 0.4) is 0 Å². The van der Waals surface area contributed by atoms with Crippen LogP contribution in [0.4, 0.5) is 0 Å². The smallest absolute Gasteiger partial charge is 0.325 e. The molecule has 1 N–H and O–H groups in total. The molecule has 0 aliphatic heterocycles. The van der Waals surface area contributed by atoms with Gasteiger partial charge in [-0.15, -0.1) is 5.10 Å². The van der Waals surface area contributed by atoms with Gasteiger partial charge in [0, 0.05) is 5.02 Å². The molecule has 104 valence electrons. The van der Waals surface area contributed by atoms with E-state index in [0.717, 1.165) is 17.1 Å². The molecule has 1 aromatic heterocycles. The predicted molar refractivity (Wildman–Crippen MR) is 74.7 cm³/mol. The van der Waals surface area contributed by atoms with Crippen LogP contribution in [0.5, 0.6) is 0 Å². The normalized spacial score (nSPS) is 10.1. The van der Waals surface area contributed by atoms with Crippen LogP contribution in [0, 0.1) is 0 Å². The van der Waals surface area contributed by atoms with Crippen molar-refractivity contribution in [2.24, 2.45) is 0 Å². The fourth-order valence-electron chi connectivity index (χ4n) is 1.44. The highest BCUT2D eigenvalue weighted by Crippen LogP contribution is 2.27. The zero-order valence-corrected chi connectivity index (χ0v) is 12.0. The molecule has 0 spiro atoms. The van der Waals surface area contributed by atoms with Crippen molar-refractivity contribution >= 4 is 35.0 Å². The number of hydrogen-bond donors (Lipinski definition) is 1. The summed E-state index contributed by atoms with van der Waals surface area (Å²) in [5, 5.41) is 6.81. The number of carbonyl (C=O) groups excluding carboxylic acids is 2. The van der Waals surface area contributed by atoms with Gasteiger partial charge in [-0.3, -0.25) is 9.59 Å². The van der Waals surface area contributed by atoms with E-state index in [1.165, 1.54) is 7.11 Å². The van der Waals surface area contributed by atoms with E-state index in [-0.39, 0.29) is 12.2 Å². The van der Waals surface area contributed by atoms with Gasteiger partial charge in [0.05, 0.1) is 12.0 Å². The minimum atomic E-state index is -0.533. The lowest BCUT2D eigenvalue weighted by Gasteiger charge is -2.03. The standard InChI is InChI=1S/C12H10ClN3O3S/c1-19-9(17)6-14-12(18)10-11(20-16-15-10)7-2-4-8(13)5-3-7/h2-5H,6H2,1H3,(H,14,18). The zero-order chi connectivity index (χ0) is 14.5. The molecular weight excluding hydrogens is 302 g/mol. The van der Waals surface area contributed by atoms with Crippen LogP contribution in [0.2, 0.25) is 5.02 Å². The van der Waals surface area contributed by atoms with E-state index in [1.54, 1.807) is 24.3 Å². The quantitative estimate of drug-likeness (QED) is 0.870. The minimum absolute atomic E-state index is 0.168. The second-order valence-electron chi connectivity index (χ2n) is 3.72. The zero-order valence-electron chi connectivity index (χ0n) is 10.4. The molecule has 2 aromatic rings. The average molecular weight is 312 g/mol. The lowest BCUT2D eigenvalue weighted by molar-refractivity contribution is -0.139. The number of nitrogens with one attached hydrogen (secondary N) is 1. The first kappa shape index (κ1) is 14.4. The van der Waals surface area contributed by atoms with Crippen LogP contribution >= 0.6 is 23.1 Å². The number of rotatable bonds is 4.